The van der Waals surface area contributed by atoms with Gasteiger partial charge in [-0.3, -0.25) is 4.68 Å². The highest BCUT2D eigenvalue weighted by atomic mass is 16.5. The fourth-order valence-corrected chi connectivity index (χ4v) is 4.07. The van der Waals surface area contributed by atoms with Gasteiger partial charge in [-0.05, 0) is 51.3 Å². The van der Waals surface area contributed by atoms with Gasteiger partial charge in [0.25, 0.3) is 0 Å². The molecule has 1 aromatic carbocycles. The molecule has 1 aromatic heterocycles. The summed E-state index contributed by atoms with van der Waals surface area (Å²) < 4.78 is 12.9. The van der Waals surface area contributed by atoms with Crippen molar-refractivity contribution < 1.29 is 9.47 Å². The van der Waals surface area contributed by atoms with Crippen LogP contribution in [0.15, 0.2) is 29.3 Å². The molecule has 3 rings (SSSR count). The topological polar surface area (TPSA) is 72.7 Å². The number of aryl methyl sites for hydroxylation is 2. The van der Waals surface area contributed by atoms with Crippen molar-refractivity contribution in [1.82, 2.24) is 20.4 Å². The summed E-state index contributed by atoms with van der Waals surface area (Å²) in [5, 5.41) is 11.5. The van der Waals surface area contributed by atoms with Crippen molar-refractivity contribution >= 4 is 5.96 Å². The lowest BCUT2D eigenvalue weighted by Crippen LogP contribution is -2.48. The van der Waals surface area contributed by atoms with Gasteiger partial charge in [0, 0.05) is 50.0 Å². The summed E-state index contributed by atoms with van der Waals surface area (Å²) in [4.78, 5) is 4.85. The molecule has 7 heteroatoms. The molecule has 7 nitrogen and oxygen atoms in total. The molecule has 1 aliphatic rings. The van der Waals surface area contributed by atoms with Crippen LogP contribution >= 0.6 is 0 Å². The van der Waals surface area contributed by atoms with Crippen LogP contribution < -0.4 is 15.4 Å². The van der Waals surface area contributed by atoms with E-state index in [1.165, 1.54) is 11.1 Å². The zero-order valence-electron chi connectivity index (χ0n) is 18.9. The molecule has 30 heavy (non-hydrogen) atoms. The fraction of sp³-hybridized carbons (Fsp3) is 0.565. The Hall–Kier alpha value is -2.54. The number of aliphatic imine (C=N–C) groups is 1. The van der Waals surface area contributed by atoms with Crippen molar-refractivity contribution in [3.63, 3.8) is 0 Å². The summed E-state index contributed by atoms with van der Waals surface area (Å²) in [6, 6.07) is 8.44. The summed E-state index contributed by atoms with van der Waals surface area (Å²) in [6.45, 7) is 10.00. The molecule has 0 saturated carbocycles. The van der Waals surface area contributed by atoms with E-state index in [9.17, 15) is 0 Å². The lowest BCUT2D eigenvalue weighted by atomic mass is 9.74. The minimum atomic E-state index is 0.0147. The van der Waals surface area contributed by atoms with Crippen molar-refractivity contribution in [1.29, 1.82) is 0 Å². The maximum Gasteiger partial charge on any atom is 0.191 e. The smallest absolute Gasteiger partial charge is 0.191 e. The van der Waals surface area contributed by atoms with E-state index in [-0.39, 0.29) is 5.41 Å². The maximum absolute atomic E-state index is 5.67. The molecule has 0 aliphatic carbocycles. The first-order valence-corrected chi connectivity index (χ1v) is 10.7. The van der Waals surface area contributed by atoms with Crippen molar-refractivity contribution in [3.05, 3.63) is 46.8 Å². The largest absolute Gasteiger partial charge is 0.497 e. The van der Waals surface area contributed by atoms with Gasteiger partial charge < -0.3 is 20.1 Å². The van der Waals surface area contributed by atoms with E-state index in [1.807, 2.05) is 30.8 Å². The monoisotopic (exact) mass is 413 g/mol. The number of rotatable bonds is 7. The number of nitrogens with zero attached hydrogens (tertiary/aromatic N) is 3. The number of hydrogen-bond acceptors (Lipinski definition) is 4. The second-order valence-electron chi connectivity index (χ2n) is 7.94. The first-order chi connectivity index (χ1) is 14.5. The molecule has 2 N–H and O–H groups in total. The van der Waals surface area contributed by atoms with E-state index in [0.717, 1.165) is 62.2 Å². The van der Waals surface area contributed by atoms with E-state index in [1.54, 1.807) is 7.11 Å². The number of methoxy groups -OCH3 is 1. The van der Waals surface area contributed by atoms with E-state index in [0.29, 0.717) is 6.54 Å². The van der Waals surface area contributed by atoms with Gasteiger partial charge in [0.1, 0.15) is 5.75 Å². The van der Waals surface area contributed by atoms with Crippen LogP contribution in [0.2, 0.25) is 0 Å². The summed E-state index contributed by atoms with van der Waals surface area (Å²) >= 11 is 0. The van der Waals surface area contributed by atoms with Crippen LogP contribution in [0.1, 0.15) is 42.3 Å². The molecule has 0 spiro atoms. The number of aromatic nitrogens is 2. The number of benzene rings is 1. The Balaban J connectivity index is 1.77. The highest BCUT2D eigenvalue weighted by Gasteiger charge is 2.34. The van der Waals surface area contributed by atoms with Gasteiger partial charge in [0.05, 0.1) is 19.3 Å². The van der Waals surface area contributed by atoms with Gasteiger partial charge in [-0.25, -0.2) is 4.99 Å². The quantitative estimate of drug-likeness (QED) is 0.539. The second-order valence-corrected chi connectivity index (χ2v) is 7.94. The first-order valence-electron chi connectivity index (χ1n) is 10.7. The summed E-state index contributed by atoms with van der Waals surface area (Å²) in [5.41, 5.74) is 4.71. The van der Waals surface area contributed by atoms with Crippen LogP contribution in [0.5, 0.6) is 5.75 Å². The first kappa shape index (κ1) is 22.2. The molecule has 0 bridgehead atoms. The third-order valence-corrected chi connectivity index (χ3v) is 6.14. The van der Waals surface area contributed by atoms with Crippen LogP contribution in [0.3, 0.4) is 0 Å². The van der Waals surface area contributed by atoms with Gasteiger partial charge in [0.2, 0.25) is 0 Å². The van der Waals surface area contributed by atoms with E-state index >= 15 is 0 Å². The van der Waals surface area contributed by atoms with Crippen molar-refractivity contribution in [2.75, 3.05) is 33.4 Å². The standard InChI is InChI=1S/C23H35N5O2/c1-6-24-22(25-15-21-17(2)27-28(4)18(21)3)26-16-23(11-13-30-14-12-23)19-7-9-20(29-5)10-8-19/h7-10H,6,11-16H2,1-5H3,(H2,24,25,26). The van der Waals surface area contributed by atoms with E-state index in [2.05, 4.69) is 41.7 Å². The molecule has 2 heterocycles. The van der Waals surface area contributed by atoms with E-state index < -0.39 is 0 Å². The number of nitrogens with one attached hydrogen (secondary N) is 2. The Morgan fingerprint density at radius 1 is 1.20 bits per heavy atom. The zero-order chi connectivity index (χ0) is 21.6. The molecule has 1 aliphatic heterocycles. The van der Waals surface area contributed by atoms with Gasteiger partial charge >= 0.3 is 0 Å². The Labute approximate surface area is 179 Å². The van der Waals surface area contributed by atoms with Crippen LogP contribution in [-0.4, -0.2) is 49.2 Å². The Kier molecular flexibility index (Phi) is 7.37. The molecule has 0 unspecified atom stereocenters. The molecule has 164 valence electrons. The predicted molar refractivity (Wildman–Crippen MR) is 120 cm³/mol. The normalized spacial score (nSPS) is 16.4. The molecular weight excluding hydrogens is 378 g/mol. The van der Waals surface area contributed by atoms with Crippen molar-refractivity contribution in [2.45, 2.75) is 45.6 Å². The molecule has 1 fully saturated rings. The van der Waals surface area contributed by atoms with Crippen molar-refractivity contribution in [2.24, 2.45) is 12.0 Å². The Morgan fingerprint density at radius 2 is 1.90 bits per heavy atom. The SMILES string of the molecule is CCNC(=NCc1c(C)nn(C)c1C)NCC1(c2ccc(OC)cc2)CCOCC1. The highest BCUT2D eigenvalue weighted by Crippen LogP contribution is 2.35. The van der Waals surface area contributed by atoms with Gasteiger partial charge in [-0.1, -0.05) is 12.1 Å². The van der Waals surface area contributed by atoms with Gasteiger partial charge in [-0.2, -0.15) is 5.10 Å². The van der Waals surface area contributed by atoms with Crippen LogP contribution in [-0.2, 0) is 23.7 Å². The minimum absolute atomic E-state index is 0.0147. The zero-order valence-corrected chi connectivity index (χ0v) is 18.9. The third-order valence-electron chi connectivity index (χ3n) is 6.14. The Bertz CT molecular complexity index is 851. The number of ether oxygens (including phenoxy) is 2. The number of guanidine groups is 1. The Morgan fingerprint density at radius 3 is 2.47 bits per heavy atom. The molecule has 0 atom stereocenters. The highest BCUT2D eigenvalue weighted by molar-refractivity contribution is 5.80. The van der Waals surface area contributed by atoms with Crippen LogP contribution in [0.25, 0.3) is 0 Å². The minimum Gasteiger partial charge on any atom is -0.497 e. The summed E-state index contributed by atoms with van der Waals surface area (Å²) in [6.07, 6.45) is 1.96. The maximum atomic E-state index is 5.67. The lowest BCUT2D eigenvalue weighted by Gasteiger charge is -2.38. The third kappa shape index (κ3) is 4.95. The van der Waals surface area contributed by atoms with Crippen molar-refractivity contribution in [3.8, 4) is 5.75 Å². The van der Waals surface area contributed by atoms with Crippen LogP contribution in [0.4, 0.5) is 0 Å². The summed E-state index contributed by atoms with van der Waals surface area (Å²) in [7, 11) is 3.67. The average molecular weight is 414 g/mol. The second kappa shape index (κ2) is 9.98. The summed E-state index contributed by atoms with van der Waals surface area (Å²) in [5.74, 6) is 1.71. The average Bonchev–Trinajstić information content (AvgIpc) is 3.02. The molecule has 1 saturated heterocycles. The van der Waals surface area contributed by atoms with E-state index in [4.69, 9.17) is 14.5 Å². The van der Waals surface area contributed by atoms with Gasteiger partial charge in [0.15, 0.2) is 5.96 Å². The number of hydrogen-bond donors (Lipinski definition) is 2. The molecule has 0 radical (unpaired) electrons. The molecular formula is C23H35N5O2. The fourth-order valence-electron chi connectivity index (χ4n) is 4.07. The predicted octanol–water partition coefficient (Wildman–Crippen LogP) is 2.85. The molecule has 2 aromatic rings. The lowest BCUT2D eigenvalue weighted by molar-refractivity contribution is 0.0513. The van der Waals surface area contributed by atoms with Gasteiger partial charge in [-0.15, -0.1) is 0 Å². The van der Waals surface area contributed by atoms with Crippen LogP contribution in [0, 0.1) is 13.8 Å². The molecule has 0 amide bonds.